The molecule has 5 nitrogen and oxygen atoms in total. The number of nitrogens with one attached hydrogen (secondary N) is 1. The summed E-state index contributed by atoms with van der Waals surface area (Å²) < 4.78 is 5.15. The fraction of sp³-hybridized carbons (Fsp3) is 0.333. The number of benzene rings is 1. The minimum atomic E-state index is 0.0360. The van der Waals surface area contributed by atoms with E-state index in [2.05, 4.69) is 15.3 Å². The Balaban J connectivity index is 2.22. The lowest BCUT2D eigenvalue weighted by Crippen LogP contribution is -2.12. The van der Waals surface area contributed by atoms with Gasteiger partial charge in [0.05, 0.1) is 13.2 Å². The number of anilines is 2. The normalized spacial score (nSPS) is 12.0. The number of nitrogen functional groups attached to an aromatic ring is 1. The summed E-state index contributed by atoms with van der Waals surface area (Å²) in [5, 5.41) is 3.56. The second-order valence-corrected chi connectivity index (χ2v) is 5.04. The highest BCUT2D eigenvalue weighted by Gasteiger charge is 2.13. The summed E-state index contributed by atoms with van der Waals surface area (Å²) in [6, 6.07) is 7.86. The number of hydrogen-bond acceptors (Lipinski definition) is 5. The molecular weight excluding hydrogens is 288 g/mol. The van der Waals surface area contributed by atoms with E-state index in [1.165, 1.54) is 0 Å². The van der Waals surface area contributed by atoms with Gasteiger partial charge in [-0.25, -0.2) is 9.97 Å². The average Bonchev–Trinajstić information content (AvgIpc) is 2.51. The zero-order valence-corrected chi connectivity index (χ0v) is 13.1. The van der Waals surface area contributed by atoms with Gasteiger partial charge in [0.1, 0.15) is 17.3 Å². The van der Waals surface area contributed by atoms with Crippen molar-refractivity contribution in [3.8, 4) is 5.75 Å². The summed E-state index contributed by atoms with van der Waals surface area (Å²) in [5.41, 5.74) is 7.41. The number of hydrogen-bond donors (Lipinski definition) is 2. The third kappa shape index (κ3) is 3.55. The van der Waals surface area contributed by atoms with E-state index < -0.39 is 0 Å². The molecule has 0 saturated heterocycles. The van der Waals surface area contributed by atoms with Crippen molar-refractivity contribution in [3.05, 3.63) is 40.8 Å². The van der Waals surface area contributed by atoms with Crippen LogP contribution in [0.1, 0.15) is 31.3 Å². The van der Waals surface area contributed by atoms with Gasteiger partial charge in [0.2, 0.25) is 0 Å². The lowest BCUT2D eigenvalue weighted by Gasteiger charge is -2.17. The van der Waals surface area contributed by atoms with Crippen LogP contribution < -0.4 is 15.8 Å². The molecular formula is C15H19ClN4O. The highest BCUT2D eigenvalue weighted by atomic mass is 35.5. The third-order valence-electron chi connectivity index (χ3n) is 3.23. The second-order valence-electron chi connectivity index (χ2n) is 4.69. The lowest BCUT2D eigenvalue weighted by molar-refractivity contribution is 0.414. The second kappa shape index (κ2) is 6.63. The number of nitrogens with two attached hydrogens (primary N) is 1. The minimum Gasteiger partial charge on any atom is -0.497 e. The molecule has 1 aromatic heterocycles. The Morgan fingerprint density at radius 3 is 2.52 bits per heavy atom. The van der Waals surface area contributed by atoms with Crippen molar-refractivity contribution in [2.24, 2.45) is 0 Å². The van der Waals surface area contributed by atoms with Crippen LogP contribution in [0.4, 0.5) is 11.5 Å². The van der Waals surface area contributed by atoms with Crippen LogP contribution in [0.15, 0.2) is 24.3 Å². The molecule has 112 valence electrons. The lowest BCUT2D eigenvalue weighted by atomic mass is 10.1. The SMILES string of the molecule is CCc1nc(Cl)c(N)c(NC(C)c2ccc(OC)cc2)n1. The van der Waals surface area contributed by atoms with Crippen LogP contribution in [-0.4, -0.2) is 17.1 Å². The molecule has 6 heteroatoms. The Morgan fingerprint density at radius 1 is 1.29 bits per heavy atom. The first-order valence-corrected chi connectivity index (χ1v) is 7.15. The van der Waals surface area contributed by atoms with Crippen molar-refractivity contribution in [1.29, 1.82) is 0 Å². The molecule has 0 aliphatic heterocycles. The molecule has 0 aliphatic carbocycles. The molecule has 2 aromatic rings. The van der Waals surface area contributed by atoms with Crippen molar-refractivity contribution >= 4 is 23.1 Å². The summed E-state index contributed by atoms with van der Waals surface area (Å²) in [6.45, 7) is 4.00. The first-order valence-electron chi connectivity index (χ1n) is 6.77. The van der Waals surface area contributed by atoms with Crippen LogP contribution >= 0.6 is 11.6 Å². The number of ether oxygens (including phenoxy) is 1. The van der Waals surface area contributed by atoms with Gasteiger partial charge in [-0.2, -0.15) is 0 Å². The summed E-state index contributed by atoms with van der Waals surface area (Å²) >= 11 is 6.03. The van der Waals surface area contributed by atoms with Crippen LogP contribution in [0.2, 0.25) is 5.15 Å². The van der Waals surface area contributed by atoms with E-state index >= 15 is 0 Å². The highest BCUT2D eigenvalue weighted by molar-refractivity contribution is 6.32. The summed E-state index contributed by atoms with van der Waals surface area (Å²) in [7, 11) is 1.65. The Hall–Kier alpha value is -2.01. The quantitative estimate of drug-likeness (QED) is 0.828. The van der Waals surface area contributed by atoms with Crippen molar-refractivity contribution in [3.63, 3.8) is 0 Å². The van der Waals surface area contributed by atoms with Gasteiger partial charge in [0.15, 0.2) is 11.0 Å². The maximum Gasteiger partial charge on any atom is 0.157 e. The van der Waals surface area contributed by atoms with E-state index in [1.807, 2.05) is 38.1 Å². The summed E-state index contributed by atoms with van der Waals surface area (Å²) in [4.78, 5) is 8.52. The molecule has 0 amide bonds. The van der Waals surface area contributed by atoms with Crippen molar-refractivity contribution < 1.29 is 4.74 Å². The summed E-state index contributed by atoms with van der Waals surface area (Å²) in [5.74, 6) is 2.05. The molecule has 2 rings (SSSR count). The topological polar surface area (TPSA) is 73.1 Å². The maximum atomic E-state index is 6.03. The number of rotatable bonds is 5. The van der Waals surface area contributed by atoms with Gasteiger partial charge in [-0.3, -0.25) is 0 Å². The first-order chi connectivity index (χ1) is 10.0. The van der Waals surface area contributed by atoms with Crippen LogP contribution in [0, 0.1) is 0 Å². The molecule has 0 saturated carbocycles. The van der Waals surface area contributed by atoms with E-state index in [4.69, 9.17) is 22.1 Å². The van der Waals surface area contributed by atoms with Gasteiger partial charge >= 0.3 is 0 Å². The Kier molecular flexibility index (Phi) is 4.85. The molecule has 21 heavy (non-hydrogen) atoms. The predicted molar refractivity (Wildman–Crippen MR) is 85.9 cm³/mol. The monoisotopic (exact) mass is 306 g/mol. The number of methoxy groups -OCH3 is 1. The van der Waals surface area contributed by atoms with E-state index in [0.717, 1.165) is 11.3 Å². The minimum absolute atomic E-state index is 0.0360. The summed E-state index contributed by atoms with van der Waals surface area (Å²) in [6.07, 6.45) is 0.700. The average molecular weight is 307 g/mol. The molecule has 0 fully saturated rings. The molecule has 1 heterocycles. The first kappa shape index (κ1) is 15.4. The smallest absolute Gasteiger partial charge is 0.157 e. The van der Waals surface area contributed by atoms with Gasteiger partial charge < -0.3 is 15.8 Å². The largest absolute Gasteiger partial charge is 0.497 e. The van der Waals surface area contributed by atoms with Gasteiger partial charge in [0.25, 0.3) is 0 Å². The highest BCUT2D eigenvalue weighted by Crippen LogP contribution is 2.28. The van der Waals surface area contributed by atoms with Crippen LogP contribution in [0.5, 0.6) is 5.75 Å². The fourth-order valence-electron chi connectivity index (χ4n) is 1.93. The number of halogens is 1. The Bertz CT molecular complexity index is 616. The van der Waals surface area contributed by atoms with Crippen LogP contribution in [-0.2, 0) is 6.42 Å². The van der Waals surface area contributed by atoms with E-state index in [0.29, 0.717) is 23.8 Å². The van der Waals surface area contributed by atoms with E-state index in [-0.39, 0.29) is 11.2 Å². The molecule has 1 atom stereocenters. The van der Waals surface area contributed by atoms with Crippen molar-refractivity contribution in [2.75, 3.05) is 18.2 Å². The third-order valence-corrected chi connectivity index (χ3v) is 3.52. The van der Waals surface area contributed by atoms with Crippen molar-refractivity contribution in [1.82, 2.24) is 9.97 Å². The Morgan fingerprint density at radius 2 is 1.95 bits per heavy atom. The maximum absolute atomic E-state index is 6.03. The molecule has 0 radical (unpaired) electrons. The zero-order chi connectivity index (χ0) is 15.4. The molecule has 0 spiro atoms. The van der Waals surface area contributed by atoms with Crippen molar-refractivity contribution in [2.45, 2.75) is 26.3 Å². The fourth-order valence-corrected chi connectivity index (χ4v) is 2.12. The van der Waals surface area contributed by atoms with Gasteiger partial charge in [-0.1, -0.05) is 30.7 Å². The predicted octanol–water partition coefficient (Wildman–Crippen LogP) is 3.46. The molecule has 1 unspecified atom stereocenters. The van der Waals surface area contributed by atoms with Gasteiger partial charge in [0, 0.05) is 6.42 Å². The standard InChI is InChI=1S/C15H19ClN4O/c1-4-12-19-14(16)13(17)15(20-12)18-9(2)10-5-7-11(21-3)8-6-10/h5-9H,4,17H2,1-3H3,(H,18,19,20). The van der Waals surface area contributed by atoms with E-state index in [9.17, 15) is 0 Å². The number of nitrogens with zero attached hydrogens (tertiary/aromatic N) is 2. The number of aryl methyl sites for hydroxylation is 1. The molecule has 0 bridgehead atoms. The van der Waals surface area contributed by atoms with Crippen LogP contribution in [0.3, 0.4) is 0 Å². The van der Waals surface area contributed by atoms with Gasteiger partial charge in [-0.15, -0.1) is 0 Å². The number of aromatic nitrogens is 2. The van der Waals surface area contributed by atoms with Gasteiger partial charge in [-0.05, 0) is 24.6 Å². The van der Waals surface area contributed by atoms with E-state index in [1.54, 1.807) is 7.11 Å². The molecule has 3 N–H and O–H groups in total. The molecule has 1 aromatic carbocycles. The zero-order valence-electron chi connectivity index (χ0n) is 12.4. The Labute approximate surface area is 129 Å². The molecule has 0 aliphatic rings. The van der Waals surface area contributed by atoms with Crippen LogP contribution in [0.25, 0.3) is 0 Å².